The highest BCUT2D eigenvalue weighted by Gasteiger charge is 2.28. The van der Waals surface area contributed by atoms with E-state index in [0.29, 0.717) is 18.8 Å². The van der Waals surface area contributed by atoms with Crippen molar-refractivity contribution < 1.29 is 14.3 Å². The predicted molar refractivity (Wildman–Crippen MR) is 53.0 cm³/mol. The SMILES string of the molecule is O=C(Nc1ccc(F)cc1)N1CC(O)C1. The summed E-state index contributed by atoms with van der Waals surface area (Å²) in [6.07, 6.45) is -0.413. The van der Waals surface area contributed by atoms with E-state index in [0.717, 1.165) is 0 Å². The van der Waals surface area contributed by atoms with Gasteiger partial charge in [0.05, 0.1) is 19.2 Å². The Morgan fingerprint density at radius 1 is 1.40 bits per heavy atom. The minimum Gasteiger partial charge on any atom is -0.389 e. The molecule has 1 aromatic carbocycles. The highest BCUT2D eigenvalue weighted by molar-refractivity contribution is 5.89. The highest BCUT2D eigenvalue weighted by atomic mass is 19.1. The van der Waals surface area contributed by atoms with Gasteiger partial charge in [0.25, 0.3) is 0 Å². The van der Waals surface area contributed by atoms with E-state index in [4.69, 9.17) is 5.11 Å². The smallest absolute Gasteiger partial charge is 0.322 e. The Kier molecular flexibility index (Phi) is 2.55. The van der Waals surface area contributed by atoms with E-state index in [2.05, 4.69) is 5.32 Å². The molecule has 0 radical (unpaired) electrons. The van der Waals surface area contributed by atoms with Gasteiger partial charge in [-0.05, 0) is 24.3 Å². The number of carbonyl (C=O) groups excluding carboxylic acids is 1. The first-order chi connectivity index (χ1) is 7.15. The number of β-amino-alcohol motifs (C(OH)–C–C–N with tert-alkyl or cyclic N) is 1. The van der Waals surface area contributed by atoms with Crippen molar-refractivity contribution in [3.63, 3.8) is 0 Å². The number of aliphatic hydroxyl groups excluding tert-OH is 1. The Balaban J connectivity index is 1.91. The van der Waals surface area contributed by atoms with Gasteiger partial charge in [0.2, 0.25) is 0 Å². The van der Waals surface area contributed by atoms with Crippen molar-refractivity contribution in [1.29, 1.82) is 0 Å². The molecule has 1 aliphatic rings. The van der Waals surface area contributed by atoms with Crippen LogP contribution in [0, 0.1) is 5.82 Å². The quantitative estimate of drug-likeness (QED) is 0.727. The van der Waals surface area contributed by atoms with E-state index in [1.54, 1.807) is 0 Å². The monoisotopic (exact) mass is 210 g/mol. The average Bonchev–Trinajstić information content (AvgIpc) is 2.17. The lowest BCUT2D eigenvalue weighted by molar-refractivity contribution is 0.0309. The molecule has 1 heterocycles. The molecule has 2 N–H and O–H groups in total. The number of nitrogens with zero attached hydrogens (tertiary/aromatic N) is 1. The van der Waals surface area contributed by atoms with E-state index in [1.807, 2.05) is 0 Å². The van der Waals surface area contributed by atoms with Crippen molar-refractivity contribution in [2.75, 3.05) is 18.4 Å². The van der Waals surface area contributed by atoms with Crippen LogP contribution in [0.3, 0.4) is 0 Å². The Labute approximate surface area is 86.3 Å². The number of amides is 2. The maximum atomic E-state index is 12.6. The molecule has 1 fully saturated rings. The number of halogens is 1. The zero-order valence-electron chi connectivity index (χ0n) is 7.98. The lowest BCUT2D eigenvalue weighted by Gasteiger charge is -2.35. The zero-order valence-corrected chi connectivity index (χ0v) is 7.98. The van der Waals surface area contributed by atoms with E-state index in [1.165, 1.54) is 29.2 Å². The molecular formula is C10H11FN2O2. The normalized spacial score (nSPS) is 16.0. The first kappa shape index (κ1) is 9.92. The second kappa shape index (κ2) is 3.86. The Morgan fingerprint density at radius 3 is 2.53 bits per heavy atom. The molecule has 1 aromatic rings. The summed E-state index contributed by atoms with van der Waals surface area (Å²) in [5, 5.41) is 11.6. The molecule has 2 amide bonds. The van der Waals surface area contributed by atoms with Gasteiger partial charge in [0, 0.05) is 5.69 Å². The summed E-state index contributed by atoms with van der Waals surface area (Å²) in [4.78, 5) is 12.9. The number of hydrogen-bond acceptors (Lipinski definition) is 2. The molecule has 0 aromatic heterocycles. The molecule has 0 atom stereocenters. The van der Waals surface area contributed by atoms with Crippen LogP contribution in [0.1, 0.15) is 0 Å². The number of nitrogens with one attached hydrogen (secondary N) is 1. The van der Waals surface area contributed by atoms with Crippen LogP contribution >= 0.6 is 0 Å². The summed E-state index contributed by atoms with van der Waals surface area (Å²) in [5.74, 6) is -0.340. The highest BCUT2D eigenvalue weighted by Crippen LogP contribution is 2.12. The lowest BCUT2D eigenvalue weighted by atomic mass is 10.2. The number of aliphatic hydroxyl groups is 1. The van der Waals surface area contributed by atoms with Crippen LogP contribution in [0.4, 0.5) is 14.9 Å². The van der Waals surface area contributed by atoms with Gasteiger partial charge in [0.1, 0.15) is 5.82 Å². The molecule has 0 saturated carbocycles. The fourth-order valence-electron chi connectivity index (χ4n) is 1.36. The number of benzene rings is 1. The van der Waals surface area contributed by atoms with Crippen molar-refractivity contribution in [2.45, 2.75) is 6.10 Å². The van der Waals surface area contributed by atoms with Crippen molar-refractivity contribution in [3.05, 3.63) is 30.1 Å². The van der Waals surface area contributed by atoms with Gasteiger partial charge in [-0.15, -0.1) is 0 Å². The van der Waals surface area contributed by atoms with Crippen molar-refractivity contribution >= 4 is 11.7 Å². The van der Waals surface area contributed by atoms with Crippen LogP contribution in [-0.4, -0.2) is 35.2 Å². The molecule has 5 heteroatoms. The van der Waals surface area contributed by atoms with Gasteiger partial charge < -0.3 is 15.3 Å². The van der Waals surface area contributed by atoms with Crippen molar-refractivity contribution in [1.82, 2.24) is 4.90 Å². The molecule has 4 nitrogen and oxygen atoms in total. The Bertz CT molecular complexity index is 360. The third-order valence-electron chi connectivity index (χ3n) is 2.24. The number of likely N-dealkylation sites (tertiary alicyclic amines) is 1. The van der Waals surface area contributed by atoms with Gasteiger partial charge >= 0.3 is 6.03 Å². The second-order valence-corrected chi connectivity index (χ2v) is 3.50. The summed E-state index contributed by atoms with van der Waals surface area (Å²) >= 11 is 0. The van der Waals surface area contributed by atoms with Crippen LogP contribution < -0.4 is 5.32 Å². The average molecular weight is 210 g/mol. The van der Waals surface area contributed by atoms with Gasteiger partial charge in [-0.25, -0.2) is 9.18 Å². The summed E-state index contributed by atoms with van der Waals surface area (Å²) < 4.78 is 12.6. The van der Waals surface area contributed by atoms with Gasteiger partial charge in [-0.1, -0.05) is 0 Å². The molecule has 0 unspecified atom stereocenters. The molecule has 1 saturated heterocycles. The fraction of sp³-hybridized carbons (Fsp3) is 0.300. The van der Waals surface area contributed by atoms with E-state index < -0.39 is 6.10 Å². The van der Waals surface area contributed by atoms with E-state index in [-0.39, 0.29) is 11.8 Å². The van der Waals surface area contributed by atoms with Gasteiger partial charge in [-0.2, -0.15) is 0 Å². The van der Waals surface area contributed by atoms with E-state index >= 15 is 0 Å². The topological polar surface area (TPSA) is 52.6 Å². The number of rotatable bonds is 1. The molecule has 2 rings (SSSR count). The van der Waals surface area contributed by atoms with Crippen molar-refractivity contribution in [3.8, 4) is 0 Å². The molecule has 0 bridgehead atoms. The summed E-state index contributed by atoms with van der Waals surface area (Å²) in [6.45, 7) is 0.708. The summed E-state index contributed by atoms with van der Waals surface area (Å²) in [6, 6.07) is 5.26. The van der Waals surface area contributed by atoms with Crippen molar-refractivity contribution in [2.24, 2.45) is 0 Å². The maximum absolute atomic E-state index is 12.6. The van der Waals surface area contributed by atoms with Gasteiger partial charge in [0.15, 0.2) is 0 Å². The van der Waals surface area contributed by atoms with Gasteiger partial charge in [-0.3, -0.25) is 0 Å². The fourth-order valence-corrected chi connectivity index (χ4v) is 1.36. The Morgan fingerprint density at radius 2 is 2.00 bits per heavy atom. The van der Waals surface area contributed by atoms with Crippen LogP contribution in [0.5, 0.6) is 0 Å². The predicted octanol–water partition coefficient (Wildman–Crippen LogP) is 1.03. The van der Waals surface area contributed by atoms with Crippen LogP contribution in [0.25, 0.3) is 0 Å². The second-order valence-electron chi connectivity index (χ2n) is 3.50. The molecule has 0 spiro atoms. The molecule has 80 valence electrons. The number of urea groups is 1. The zero-order chi connectivity index (χ0) is 10.8. The Hall–Kier alpha value is -1.62. The maximum Gasteiger partial charge on any atom is 0.322 e. The number of anilines is 1. The molecular weight excluding hydrogens is 199 g/mol. The molecule has 1 aliphatic heterocycles. The number of carbonyl (C=O) groups is 1. The van der Waals surface area contributed by atoms with Crippen LogP contribution in [0.2, 0.25) is 0 Å². The third kappa shape index (κ3) is 2.24. The third-order valence-corrected chi connectivity index (χ3v) is 2.24. The first-order valence-corrected chi connectivity index (χ1v) is 4.65. The molecule has 15 heavy (non-hydrogen) atoms. The van der Waals surface area contributed by atoms with Crippen LogP contribution in [-0.2, 0) is 0 Å². The van der Waals surface area contributed by atoms with Crippen LogP contribution in [0.15, 0.2) is 24.3 Å². The largest absolute Gasteiger partial charge is 0.389 e. The standard InChI is InChI=1S/C10H11FN2O2/c11-7-1-3-8(4-2-7)12-10(15)13-5-9(14)6-13/h1-4,9,14H,5-6H2,(H,12,15). The first-order valence-electron chi connectivity index (χ1n) is 4.65. The molecule has 0 aliphatic carbocycles. The lowest BCUT2D eigenvalue weighted by Crippen LogP contribution is -2.54. The number of hydrogen-bond donors (Lipinski definition) is 2. The minimum atomic E-state index is -0.413. The summed E-state index contributed by atoms with van der Waals surface area (Å²) in [7, 11) is 0. The minimum absolute atomic E-state index is 0.271. The summed E-state index contributed by atoms with van der Waals surface area (Å²) in [5.41, 5.74) is 0.544. The van der Waals surface area contributed by atoms with E-state index in [9.17, 15) is 9.18 Å².